The Kier molecular flexibility index (Phi) is 6.33. The smallest absolute Gasteiger partial charge is 0.0651 e. The number of rotatable bonds is 9. The van der Waals surface area contributed by atoms with Crippen molar-refractivity contribution in [3.8, 4) is 78.4 Å². The molecule has 23 aromatic rings. The highest BCUT2D eigenvalue weighted by atomic mass is 32.1. The molecular formula is C104H68N4S2. The predicted octanol–water partition coefficient (Wildman–Crippen LogP) is 29.4. The van der Waals surface area contributed by atoms with Gasteiger partial charge in [-0.3, -0.25) is 0 Å². The minimum atomic E-state index is -1.09. The van der Waals surface area contributed by atoms with E-state index in [1.807, 2.05) is 0 Å². The summed E-state index contributed by atoms with van der Waals surface area (Å²) in [5.41, 5.74) is -15.0. The zero-order valence-corrected chi connectivity index (χ0v) is 57.2. The predicted molar refractivity (Wildman–Crippen MR) is 473 cm³/mol. The normalized spacial score (nSPS) is 19.8. The minimum Gasteiger partial charge on any atom is -0.309 e. The highest BCUT2D eigenvalue weighted by Crippen LogP contribution is 2.50. The van der Waals surface area contributed by atoms with Crippen LogP contribution in [0.5, 0.6) is 0 Å². The van der Waals surface area contributed by atoms with Gasteiger partial charge in [-0.05, 0) is 172 Å². The number of fused-ring (bicyclic) bond motifs is 20. The van der Waals surface area contributed by atoms with Crippen molar-refractivity contribution in [2.75, 3.05) is 0 Å². The quantitative estimate of drug-likeness (QED) is 0.137. The molecule has 0 aliphatic rings. The van der Waals surface area contributed by atoms with E-state index in [9.17, 15) is 38.4 Å². The van der Waals surface area contributed by atoms with Gasteiger partial charge in [0.15, 0.2) is 0 Å². The summed E-state index contributed by atoms with van der Waals surface area (Å²) in [6.07, 6.45) is 0. The van der Waals surface area contributed by atoms with Gasteiger partial charge in [-0.1, -0.05) is 284 Å². The van der Waals surface area contributed by atoms with E-state index in [4.69, 9.17) is 46.6 Å². The van der Waals surface area contributed by atoms with Crippen LogP contribution in [0.3, 0.4) is 0 Å². The maximum atomic E-state index is 10.2. The Bertz CT molecular complexity index is 11500. The van der Waals surface area contributed by atoms with Crippen molar-refractivity contribution < 1.29 is 85.0 Å². The van der Waals surface area contributed by atoms with E-state index in [0.29, 0.717) is 22.7 Å². The molecule has 0 saturated heterocycles. The van der Waals surface area contributed by atoms with Crippen molar-refractivity contribution in [3.63, 3.8) is 0 Å². The first-order chi connectivity index (χ1) is 80.3. The molecule has 23 rings (SSSR count). The first-order valence-corrected chi connectivity index (χ1v) is 34.4. The summed E-state index contributed by atoms with van der Waals surface area (Å²) in [4.78, 5) is 0. The Labute approximate surface area is 730 Å². The monoisotopic (exact) mass is 1500 g/mol. The second-order valence-electron chi connectivity index (χ2n) is 24.3. The van der Waals surface area contributed by atoms with Crippen LogP contribution < -0.4 is 0 Å². The lowest BCUT2D eigenvalue weighted by atomic mass is 10.00. The topological polar surface area (TPSA) is 19.7 Å². The van der Waals surface area contributed by atoms with E-state index < -0.39 is 556 Å². The molecule has 4 nitrogen and oxygen atoms in total. The number of thiophene rings is 2. The van der Waals surface area contributed by atoms with Gasteiger partial charge >= 0.3 is 0 Å². The summed E-state index contributed by atoms with van der Waals surface area (Å²) < 4.78 is 567. The van der Waals surface area contributed by atoms with Crippen LogP contribution in [0.15, 0.2) is 375 Å². The summed E-state index contributed by atoms with van der Waals surface area (Å²) in [6, 6.07) is -54.5. The number of aromatic nitrogens is 4. The molecule has 0 fully saturated rings. The average Bonchev–Trinajstić information content (AvgIpc) is 1.50. The summed E-state index contributed by atoms with van der Waals surface area (Å²) in [5, 5.41) is -5.89. The molecule has 6 heteroatoms. The molecule has 6 heterocycles. The summed E-state index contributed by atoms with van der Waals surface area (Å²) in [5.74, 6) is 0. The summed E-state index contributed by atoms with van der Waals surface area (Å²) in [7, 11) is 0. The lowest BCUT2D eigenvalue weighted by Gasteiger charge is -2.12. The van der Waals surface area contributed by atoms with Crippen molar-refractivity contribution >= 4 is 150 Å². The molecular weight excluding hydrogens is 1370 g/mol. The van der Waals surface area contributed by atoms with Crippen LogP contribution >= 0.6 is 22.7 Å². The van der Waals surface area contributed by atoms with E-state index in [1.54, 1.807) is 0 Å². The molecule has 516 valence electrons. The third-order valence-electron chi connectivity index (χ3n) is 18.2. The maximum absolute atomic E-state index is 10.2. The third-order valence-corrected chi connectivity index (χ3v) is 20.6. The molecule has 0 N–H and O–H groups in total. The molecule has 0 atom stereocenters. The van der Waals surface area contributed by atoms with Gasteiger partial charge in [0.2, 0.25) is 0 Å². The minimum absolute atomic E-state index is 0.104. The van der Waals surface area contributed by atoms with Crippen LogP contribution in [0.25, 0.3) is 206 Å². The van der Waals surface area contributed by atoms with Crippen LogP contribution in [-0.4, -0.2) is 18.3 Å². The number of para-hydroxylation sites is 4. The van der Waals surface area contributed by atoms with Crippen molar-refractivity contribution in [2.45, 2.75) is 13.8 Å². The molecule has 110 heavy (non-hydrogen) atoms. The van der Waals surface area contributed by atoms with E-state index in [2.05, 4.69) is 0 Å². The number of hydrogen-bond acceptors (Lipinski definition) is 2. The van der Waals surface area contributed by atoms with Gasteiger partial charge < -0.3 is 18.3 Å². The third kappa shape index (κ3) is 10.0. The van der Waals surface area contributed by atoms with Crippen molar-refractivity contribution in [1.29, 1.82) is 0 Å². The molecule has 6 aromatic heterocycles. The van der Waals surface area contributed by atoms with Crippen molar-refractivity contribution in [3.05, 3.63) is 386 Å². The van der Waals surface area contributed by atoms with Crippen LogP contribution in [0, 0.1) is 13.8 Å². The second-order valence-corrected chi connectivity index (χ2v) is 26.3. The van der Waals surface area contributed by atoms with Crippen LogP contribution in [0.4, 0.5) is 0 Å². The highest BCUT2D eigenvalue weighted by Gasteiger charge is 2.25. The van der Waals surface area contributed by atoms with E-state index in [1.165, 1.54) is 13.8 Å². The molecule has 0 aliphatic heterocycles. The van der Waals surface area contributed by atoms with Crippen LogP contribution in [0.2, 0.25) is 0 Å². The SMILES string of the molecule is [2H]c1c([2H])c([2H])c(-c2c([2H])c([2H])c([2H])c3c2sc2c(-c4c([2H])c([2H])c([2H])c(-n5c6c([2H])c([2H])c([2H])c([2H])c6c6c7c8c([2H])c([2H])c([2H])c([2H])c8n(-c8c([2H])c([2H])c(-c9c([2H])c([2H])c(C)c([2H])c9[2H])c([2H])c8[2H])c7c([2H])c([2H])c65)c4[2H])c([2H])c([2H])c([2H])c23)c([2H])c1[2H].[2H]c1c([2H])c([2H])c(-c2c([2H])c([2H])c([2H])c3c2sc2c(-c4c([2H])c([2H])c([2H])c(-n5c6c([2H])c([2H])c([2H])c([2H])c6c6c7c8c([2H])c([2H])c([2H])c([2H])c8n(-c8c([2H])c([2H])c([2H])c(C)c8[2H])c7c([2H])c([2H])c65)c4[2H])c([2H])c([2H])c([2H])c23)c([2H])c1[2H]. The Morgan fingerprint density at radius 3 is 0.845 bits per heavy atom. The molecule has 0 radical (unpaired) electrons. The fourth-order valence-corrected chi connectivity index (χ4v) is 16.1. The molecule has 0 spiro atoms. The Hall–Kier alpha value is -13.6. The fraction of sp³-hybridized carbons (Fsp3) is 0.0192. The summed E-state index contributed by atoms with van der Waals surface area (Å²) >= 11 is 1.05. The van der Waals surface area contributed by atoms with Crippen molar-refractivity contribution in [2.24, 2.45) is 0 Å². The Balaban J connectivity index is 0.000000190. The largest absolute Gasteiger partial charge is 0.309 e. The maximum Gasteiger partial charge on any atom is 0.0651 e. The number of nitrogens with zero attached hydrogens (tertiary/aromatic N) is 4. The number of benzene rings is 17. The highest BCUT2D eigenvalue weighted by molar-refractivity contribution is 7.27. The Morgan fingerprint density at radius 2 is 0.473 bits per heavy atom. The van der Waals surface area contributed by atoms with Gasteiger partial charge in [0, 0.05) is 106 Å². The van der Waals surface area contributed by atoms with E-state index in [-0.39, 0.29) is 35.3 Å². The van der Waals surface area contributed by atoms with Gasteiger partial charge in [0.25, 0.3) is 0 Å². The van der Waals surface area contributed by atoms with E-state index >= 15 is 0 Å². The lowest BCUT2D eigenvalue weighted by Crippen LogP contribution is -1.95. The molecule has 0 bridgehead atoms. The molecule has 0 amide bonds. The molecule has 0 unspecified atom stereocenters. The van der Waals surface area contributed by atoms with Crippen molar-refractivity contribution in [1.82, 2.24) is 18.3 Å². The molecule has 17 aromatic carbocycles. The standard InChI is InChI=1S/C55H36N2S.C49H32N2S/c1-35-24-26-36(27-25-35)37-28-30-40(31-29-37)56-48-22-7-5-16-46(48)52-50(56)32-33-51-53(52)47-17-6-8-23-49(47)57(51)41-15-9-14-39(34-41)43-19-11-21-45-44-20-10-18-42(54(44)58-55(43)45)38-12-3-2-4-13-38;1-31-13-9-17-34(29-31)50-42-25-7-5-19-40(42)46-44(50)27-28-45-47(46)41-20-6-8-26-43(41)51(45)35-18-10-16-33(30-35)37-22-12-24-39-38-23-11-21-36(48(38)52-49(37)39)32-14-3-2-4-15-32/h2-34H,1H3;2-30H,1H3/i2D,3D,4D,5D,6D,7D,8D,9D,10D,11D,12D,13D,14D,15D,16D,17D,18D,19D,20D,21D,22D,23D,24D,25D,26D,27D,28D,29D,30D,31D,32D,33D,34D;2D,3D,4D,5D,6D,7D,8D,9D,10D,11D,12D,13D,14D,15D,16D,17D,18D,19D,20D,21D,22D,23D,24D,25D,26D,27D,28D,29D,30D. The van der Waals surface area contributed by atoms with Gasteiger partial charge in [0.05, 0.1) is 129 Å². The average molecular weight is 1500 g/mol. The van der Waals surface area contributed by atoms with Crippen LogP contribution in [0.1, 0.15) is 96.1 Å². The van der Waals surface area contributed by atoms with Gasteiger partial charge in [-0.15, -0.1) is 22.7 Å². The zero-order chi connectivity index (χ0) is 127. The van der Waals surface area contributed by atoms with Crippen LogP contribution in [-0.2, 0) is 0 Å². The number of hydrogen-bond donors (Lipinski definition) is 0. The molecule has 0 saturated carbocycles. The van der Waals surface area contributed by atoms with Gasteiger partial charge in [-0.2, -0.15) is 0 Å². The first kappa shape index (κ1) is 27.2. The Morgan fingerprint density at radius 1 is 0.191 bits per heavy atom. The van der Waals surface area contributed by atoms with Gasteiger partial charge in [-0.25, -0.2) is 0 Å². The van der Waals surface area contributed by atoms with E-state index in [0.717, 1.165) is 18.3 Å². The second kappa shape index (κ2) is 25.5. The van der Waals surface area contributed by atoms with Gasteiger partial charge in [0.1, 0.15) is 0 Å². The first-order valence-electron chi connectivity index (χ1n) is 63.7. The lowest BCUT2D eigenvalue weighted by molar-refractivity contribution is 1.17. The summed E-state index contributed by atoms with van der Waals surface area (Å²) in [6.45, 7) is 2.59. The fourth-order valence-electron chi connectivity index (χ4n) is 13.6. The molecule has 0 aliphatic carbocycles. The zero-order valence-electron chi connectivity index (χ0n) is 118.